The average Bonchev–Trinajstić information content (AvgIpc) is 2.54. The van der Waals surface area contributed by atoms with Crippen molar-refractivity contribution in [2.75, 3.05) is 6.54 Å². The van der Waals surface area contributed by atoms with Gasteiger partial charge in [0.05, 0.1) is 11.7 Å². The highest BCUT2D eigenvalue weighted by Gasteiger charge is 2.38. The second kappa shape index (κ2) is 6.53. The molecular weight excluding hydrogens is 326 g/mol. The molecule has 24 heavy (non-hydrogen) atoms. The molecule has 1 aliphatic heterocycles. The molecule has 0 aliphatic carbocycles. The smallest absolute Gasteiger partial charge is 0.308 e. The van der Waals surface area contributed by atoms with Crippen molar-refractivity contribution in [3.05, 3.63) is 48.0 Å². The maximum absolute atomic E-state index is 12.8. The van der Waals surface area contributed by atoms with Crippen molar-refractivity contribution < 1.29 is 18.3 Å². The third kappa shape index (κ3) is 3.30. The largest absolute Gasteiger partial charge is 0.481 e. The van der Waals surface area contributed by atoms with Gasteiger partial charge in [0.1, 0.15) is 0 Å². The van der Waals surface area contributed by atoms with Crippen LogP contribution >= 0.6 is 0 Å². The van der Waals surface area contributed by atoms with Gasteiger partial charge in [0.2, 0.25) is 10.0 Å². The lowest BCUT2D eigenvalue weighted by Crippen LogP contribution is -2.49. The van der Waals surface area contributed by atoms with Crippen molar-refractivity contribution in [3.63, 3.8) is 0 Å². The average molecular weight is 347 g/mol. The quantitative estimate of drug-likeness (QED) is 0.923. The van der Waals surface area contributed by atoms with E-state index in [9.17, 15) is 18.3 Å². The molecule has 2 atom stereocenters. The Kier molecular flexibility index (Phi) is 4.60. The van der Waals surface area contributed by atoms with Gasteiger partial charge in [0.15, 0.2) is 0 Å². The van der Waals surface area contributed by atoms with Crippen molar-refractivity contribution in [2.45, 2.75) is 31.6 Å². The van der Waals surface area contributed by atoms with Crippen LogP contribution in [-0.4, -0.2) is 36.4 Å². The van der Waals surface area contributed by atoms with Crippen LogP contribution in [0.4, 0.5) is 0 Å². The molecule has 0 bridgehead atoms. The lowest BCUT2D eigenvalue weighted by Gasteiger charge is -2.36. The number of nitrogens with zero attached hydrogens (tertiary/aromatic N) is 1. The van der Waals surface area contributed by atoms with Gasteiger partial charge in [-0.1, -0.05) is 42.5 Å². The van der Waals surface area contributed by atoms with E-state index in [1.165, 1.54) is 4.31 Å². The van der Waals surface area contributed by atoms with E-state index in [1.54, 1.807) is 6.92 Å². The number of benzene rings is 2. The third-order valence-corrected chi connectivity index (χ3v) is 6.70. The van der Waals surface area contributed by atoms with Crippen LogP contribution < -0.4 is 0 Å². The van der Waals surface area contributed by atoms with Crippen molar-refractivity contribution >= 4 is 26.8 Å². The van der Waals surface area contributed by atoms with Crippen LogP contribution in [0, 0.1) is 5.92 Å². The van der Waals surface area contributed by atoms with Crippen LogP contribution in [0.3, 0.4) is 0 Å². The highest BCUT2D eigenvalue weighted by atomic mass is 32.2. The van der Waals surface area contributed by atoms with Gasteiger partial charge >= 0.3 is 5.97 Å². The molecule has 1 heterocycles. The molecular formula is C18H21NO4S. The Morgan fingerprint density at radius 2 is 1.92 bits per heavy atom. The van der Waals surface area contributed by atoms with Crippen molar-refractivity contribution in [3.8, 4) is 0 Å². The molecule has 0 saturated carbocycles. The van der Waals surface area contributed by atoms with Gasteiger partial charge in [0.25, 0.3) is 0 Å². The van der Waals surface area contributed by atoms with Gasteiger partial charge < -0.3 is 5.11 Å². The summed E-state index contributed by atoms with van der Waals surface area (Å²) in [6, 6.07) is 12.9. The second-order valence-electron chi connectivity index (χ2n) is 6.38. The molecule has 0 aromatic heterocycles. The Hall–Kier alpha value is -1.92. The number of aliphatic carboxylic acids is 1. The summed E-state index contributed by atoms with van der Waals surface area (Å²) in [7, 11) is -3.55. The zero-order valence-corrected chi connectivity index (χ0v) is 14.4. The van der Waals surface area contributed by atoms with Crippen LogP contribution in [0.2, 0.25) is 0 Å². The van der Waals surface area contributed by atoms with E-state index in [4.69, 9.17) is 0 Å². The maximum atomic E-state index is 12.8. The molecule has 1 aliphatic rings. The van der Waals surface area contributed by atoms with Crippen molar-refractivity contribution in [1.82, 2.24) is 4.31 Å². The molecule has 0 amide bonds. The van der Waals surface area contributed by atoms with Gasteiger partial charge in [-0.2, -0.15) is 4.31 Å². The monoisotopic (exact) mass is 347 g/mol. The van der Waals surface area contributed by atoms with E-state index in [0.29, 0.717) is 19.4 Å². The summed E-state index contributed by atoms with van der Waals surface area (Å²) in [6.45, 7) is 2.08. The molecule has 3 rings (SSSR count). The first-order valence-electron chi connectivity index (χ1n) is 8.08. The molecule has 0 radical (unpaired) electrons. The Balaban J connectivity index is 1.85. The van der Waals surface area contributed by atoms with Gasteiger partial charge in [-0.05, 0) is 36.1 Å². The number of carbonyl (C=O) groups is 1. The Morgan fingerprint density at radius 3 is 2.62 bits per heavy atom. The minimum absolute atomic E-state index is 0.103. The van der Waals surface area contributed by atoms with Crippen LogP contribution in [0.15, 0.2) is 42.5 Å². The number of sulfonamides is 1. The topological polar surface area (TPSA) is 74.7 Å². The fourth-order valence-electron chi connectivity index (χ4n) is 3.46. The first kappa shape index (κ1) is 16.9. The van der Waals surface area contributed by atoms with Crippen LogP contribution in [0.5, 0.6) is 0 Å². The summed E-state index contributed by atoms with van der Waals surface area (Å²) in [5.74, 6) is -1.66. The third-order valence-electron chi connectivity index (χ3n) is 4.77. The van der Waals surface area contributed by atoms with Gasteiger partial charge in [-0.25, -0.2) is 8.42 Å². The van der Waals surface area contributed by atoms with E-state index < -0.39 is 28.0 Å². The fourth-order valence-corrected chi connectivity index (χ4v) is 5.28. The number of piperidine rings is 1. The zero-order valence-electron chi connectivity index (χ0n) is 13.6. The Labute approximate surface area is 142 Å². The standard InChI is InChI=1S/C18H21NO4S/c1-13-17(18(20)21)7-4-10-19(13)24(22,23)12-14-8-9-15-5-2-3-6-16(15)11-14/h2-3,5-6,8-9,11,13,17H,4,7,10,12H2,1H3,(H,20,21)/t13-,17-/m1/s1. The number of hydrogen-bond acceptors (Lipinski definition) is 3. The molecule has 1 N–H and O–H groups in total. The molecule has 6 heteroatoms. The lowest BCUT2D eigenvalue weighted by molar-refractivity contribution is -0.144. The summed E-state index contributed by atoms with van der Waals surface area (Å²) in [5, 5.41) is 11.3. The number of hydrogen-bond donors (Lipinski definition) is 1. The first-order chi connectivity index (χ1) is 11.4. The molecule has 0 spiro atoms. The molecule has 1 saturated heterocycles. The van der Waals surface area contributed by atoms with E-state index in [-0.39, 0.29) is 5.75 Å². The fraction of sp³-hybridized carbons (Fsp3) is 0.389. The molecule has 1 fully saturated rings. The summed E-state index contributed by atoms with van der Waals surface area (Å²) in [4.78, 5) is 11.3. The van der Waals surface area contributed by atoms with E-state index >= 15 is 0 Å². The second-order valence-corrected chi connectivity index (χ2v) is 8.30. The minimum Gasteiger partial charge on any atom is -0.481 e. The normalized spacial score (nSPS) is 22.5. The minimum atomic E-state index is -3.55. The first-order valence-corrected chi connectivity index (χ1v) is 9.69. The molecule has 128 valence electrons. The molecule has 0 unspecified atom stereocenters. The number of carboxylic acid groups (broad SMARTS) is 1. The van der Waals surface area contributed by atoms with E-state index in [1.807, 2.05) is 42.5 Å². The highest BCUT2D eigenvalue weighted by molar-refractivity contribution is 7.88. The predicted octanol–water partition coefficient (Wildman–Crippen LogP) is 2.85. The van der Waals surface area contributed by atoms with Crippen molar-refractivity contribution in [1.29, 1.82) is 0 Å². The van der Waals surface area contributed by atoms with E-state index in [2.05, 4.69) is 0 Å². The van der Waals surface area contributed by atoms with Gasteiger partial charge in [-0.15, -0.1) is 0 Å². The Morgan fingerprint density at radius 1 is 1.21 bits per heavy atom. The Bertz CT molecular complexity index is 862. The number of carboxylic acids is 1. The SMILES string of the molecule is C[C@@H]1[C@H](C(=O)O)CCCN1S(=O)(=O)Cc1ccc2ccccc2c1. The highest BCUT2D eigenvalue weighted by Crippen LogP contribution is 2.28. The summed E-state index contributed by atoms with van der Waals surface area (Å²) in [6.07, 6.45) is 1.11. The summed E-state index contributed by atoms with van der Waals surface area (Å²) >= 11 is 0. The van der Waals surface area contributed by atoms with Gasteiger partial charge in [-0.3, -0.25) is 4.79 Å². The molecule has 2 aromatic carbocycles. The molecule has 5 nitrogen and oxygen atoms in total. The number of rotatable bonds is 4. The van der Waals surface area contributed by atoms with Crippen LogP contribution in [0.1, 0.15) is 25.3 Å². The number of fused-ring (bicyclic) bond motifs is 1. The summed E-state index contributed by atoms with van der Waals surface area (Å²) < 4.78 is 27.0. The zero-order chi connectivity index (χ0) is 17.3. The van der Waals surface area contributed by atoms with Gasteiger partial charge in [0, 0.05) is 12.6 Å². The lowest BCUT2D eigenvalue weighted by atomic mass is 9.92. The predicted molar refractivity (Wildman–Crippen MR) is 93.1 cm³/mol. The van der Waals surface area contributed by atoms with Crippen molar-refractivity contribution in [2.24, 2.45) is 5.92 Å². The van der Waals surface area contributed by atoms with Crippen LogP contribution in [0.25, 0.3) is 10.8 Å². The van der Waals surface area contributed by atoms with Crippen LogP contribution in [-0.2, 0) is 20.6 Å². The maximum Gasteiger partial charge on any atom is 0.308 e. The summed E-state index contributed by atoms with van der Waals surface area (Å²) in [5.41, 5.74) is 0.721. The molecule has 2 aromatic rings. The van der Waals surface area contributed by atoms with E-state index in [0.717, 1.165) is 16.3 Å².